The number of halogens is 3. The van der Waals surface area contributed by atoms with Crippen LogP contribution in [0.1, 0.15) is 85.0 Å². The molecule has 0 spiro atoms. The van der Waals surface area contributed by atoms with Gasteiger partial charge in [-0.2, -0.15) is 13.2 Å². The predicted octanol–water partition coefficient (Wildman–Crippen LogP) is 7.36. The Morgan fingerprint density at radius 3 is 2.38 bits per heavy atom. The molecule has 4 heteroatoms. The van der Waals surface area contributed by atoms with E-state index in [4.69, 9.17) is 0 Å². The molecule has 0 aromatic carbocycles. The number of rotatable bonds is 3. The van der Waals surface area contributed by atoms with Crippen LogP contribution >= 0.6 is 0 Å². The van der Waals surface area contributed by atoms with E-state index in [1.165, 1.54) is 57.8 Å². The van der Waals surface area contributed by atoms with Crippen molar-refractivity contribution < 1.29 is 18.0 Å². The number of hydrogen-bond donors (Lipinski definition) is 0. The van der Waals surface area contributed by atoms with Gasteiger partial charge in [0.1, 0.15) is 0 Å². The number of fused-ring (bicyclic) bond motifs is 5. The summed E-state index contributed by atoms with van der Waals surface area (Å²) in [7, 11) is 0. The summed E-state index contributed by atoms with van der Waals surface area (Å²) >= 11 is 0. The van der Waals surface area contributed by atoms with Gasteiger partial charge in [-0.15, -0.1) is 0 Å². The van der Waals surface area contributed by atoms with Crippen molar-refractivity contribution >= 4 is 5.78 Å². The molecule has 0 amide bonds. The van der Waals surface area contributed by atoms with E-state index in [-0.39, 0.29) is 11.3 Å². The Labute approximate surface area is 173 Å². The first-order valence-electron chi connectivity index (χ1n) is 11.9. The second-order valence-corrected chi connectivity index (χ2v) is 11.2. The summed E-state index contributed by atoms with van der Waals surface area (Å²) in [5, 5.41) is 0. The summed E-state index contributed by atoms with van der Waals surface area (Å²) in [4.78, 5) is 11.3. The van der Waals surface area contributed by atoms with Gasteiger partial charge in [0.25, 0.3) is 5.78 Å². The third kappa shape index (κ3) is 3.51. The van der Waals surface area contributed by atoms with Gasteiger partial charge in [-0.25, -0.2) is 0 Å². The van der Waals surface area contributed by atoms with Crippen molar-refractivity contribution in [1.82, 2.24) is 0 Å². The summed E-state index contributed by atoms with van der Waals surface area (Å²) in [6, 6.07) is 0. The highest BCUT2D eigenvalue weighted by Gasteiger charge is 2.60. The quantitative estimate of drug-likeness (QED) is 0.444. The largest absolute Gasteiger partial charge is 0.454 e. The molecule has 8 atom stereocenters. The van der Waals surface area contributed by atoms with E-state index in [1.807, 2.05) is 6.92 Å². The van der Waals surface area contributed by atoms with Crippen molar-refractivity contribution in [2.45, 2.75) is 91.2 Å². The van der Waals surface area contributed by atoms with Gasteiger partial charge in [-0.1, -0.05) is 39.7 Å². The van der Waals surface area contributed by atoms with E-state index >= 15 is 0 Å². The average Bonchev–Trinajstić information content (AvgIpc) is 3.01. The smallest absolute Gasteiger partial charge is 0.285 e. The number of ketones is 1. The fraction of sp³-hybridized carbons (Fsp3) is 0.880. The molecular weight excluding hydrogens is 373 g/mol. The first kappa shape index (κ1) is 21.4. The molecule has 0 radical (unpaired) electrons. The second-order valence-electron chi connectivity index (χ2n) is 11.2. The Morgan fingerprint density at radius 1 is 0.931 bits per heavy atom. The van der Waals surface area contributed by atoms with Crippen molar-refractivity contribution in [2.75, 3.05) is 0 Å². The molecule has 7 unspecified atom stereocenters. The molecule has 0 aromatic heterocycles. The van der Waals surface area contributed by atoms with E-state index < -0.39 is 12.0 Å². The standard InChI is InChI=1S/C25H37F3O/c1-16(7-12-22(29)25(26,27)28)19-10-11-20-18-9-8-17-6-4-5-14-23(17,2)21(18)13-15-24(19,20)3/h7,12,16-21H,4-6,8-11,13-15H2,1-3H3/b12-7+/t16-,17?,18?,19?,20?,21?,23?,24?/m1/s1. The molecular formula is C25H37F3O. The molecule has 0 aromatic rings. The van der Waals surface area contributed by atoms with Crippen molar-refractivity contribution in [3.8, 4) is 0 Å². The maximum Gasteiger partial charge on any atom is 0.454 e. The van der Waals surface area contributed by atoms with Crippen molar-refractivity contribution in [1.29, 1.82) is 0 Å². The van der Waals surface area contributed by atoms with Crippen LogP contribution in [0, 0.1) is 46.3 Å². The minimum absolute atomic E-state index is 0.0226. The normalized spacial score (nSPS) is 46.1. The van der Waals surface area contributed by atoms with Crippen LogP contribution in [0.25, 0.3) is 0 Å². The molecule has 0 N–H and O–H groups in total. The third-order valence-electron chi connectivity index (χ3n) is 10.1. The van der Waals surface area contributed by atoms with E-state index in [2.05, 4.69) is 13.8 Å². The lowest BCUT2D eigenvalue weighted by molar-refractivity contribution is -0.165. The molecule has 0 saturated heterocycles. The molecule has 4 aliphatic rings. The van der Waals surface area contributed by atoms with Crippen LogP contribution in [0.3, 0.4) is 0 Å². The first-order chi connectivity index (χ1) is 13.6. The van der Waals surface area contributed by atoms with E-state index in [1.54, 1.807) is 6.08 Å². The predicted molar refractivity (Wildman–Crippen MR) is 109 cm³/mol. The number of allylic oxidation sites excluding steroid dienone is 2. The Hall–Kier alpha value is -0.800. The van der Waals surface area contributed by atoms with Gasteiger partial charge in [0.2, 0.25) is 0 Å². The summed E-state index contributed by atoms with van der Waals surface area (Å²) < 4.78 is 37.7. The highest BCUT2D eigenvalue weighted by molar-refractivity contribution is 5.94. The van der Waals surface area contributed by atoms with Gasteiger partial charge in [0.05, 0.1) is 0 Å². The Bertz CT molecular complexity index is 667. The van der Waals surface area contributed by atoms with Crippen molar-refractivity contribution in [3.05, 3.63) is 12.2 Å². The molecule has 4 fully saturated rings. The minimum atomic E-state index is -4.76. The maximum atomic E-state index is 12.6. The third-order valence-corrected chi connectivity index (χ3v) is 10.1. The Balaban J connectivity index is 1.51. The zero-order valence-electron chi connectivity index (χ0n) is 18.2. The minimum Gasteiger partial charge on any atom is -0.285 e. The summed E-state index contributed by atoms with van der Waals surface area (Å²) in [5.41, 5.74) is 0.731. The summed E-state index contributed by atoms with van der Waals surface area (Å²) in [6.07, 6.45) is 10.7. The molecule has 4 saturated carbocycles. The molecule has 1 nitrogen and oxygen atoms in total. The van der Waals surface area contributed by atoms with Gasteiger partial charge >= 0.3 is 6.18 Å². The lowest BCUT2D eigenvalue weighted by atomic mass is 9.44. The zero-order valence-corrected chi connectivity index (χ0v) is 18.2. The van der Waals surface area contributed by atoms with Crippen molar-refractivity contribution in [3.63, 3.8) is 0 Å². The molecule has 29 heavy (non-hydrogen) atoms. The highest BCUT2D eigenvalue weighted by atomic mass is 19.4. The van der Waals surface area contributed by atoms with Gasteiger partial charge < -0.3 is 0 Å². The summed E-state index contributed by atoms with van der Waals surface area (Å²) in [5.74, 6) is 1.95. The second kappa shape index (κ2) is 7.41. The topological polar surface area (TPSA) is 17.1 Å². The molecule has 4 aliphatic carbocycles. The number of alkyl halides is 3. The molecule has 0 bridgehead atoms. The van der Waals surface area contributed by atoms with Gasteiger partial charge in [-0.05, 0) is 104 Å². The zero-order chi connectivity index (χ0) is 21.0. The number of carbonyl (C=O) groups excluding carboxylic acids is 1. The van der Waals surface area contributed by atoms with Crippen LogP contribution in [0.4, 0.5) is 13.2 Å². The fourth-order valence-electron chi connectivity index (χ4n) is 8.67. The lowest BCUT2D eigenvalue weighted by Crippen LogP contribution is -2.53. The first-order valence-corrected chi connectivity index (χ1v) is 11.9. The summed E-state index contributed by atoms with van der Waals surface area (Å²) in [6.45, 7) is 7.01. The van der Waals surface area contributed by atoms with Crippen LogP contribution < -0.4 is 0 Å². The fourth-order valence-corrected chi connectivity index (χ4v) is 8.67. The van der Waals surface area contributed by atoms with Crippen LogP contribution in [-0.2, 0) is 4.79 Å². The lowest BCUT2D eigenvalue weighted by Gasteiger charge is -2.60. The maximum absolute atomic E-state index is 12.6. The monoisotopic (exact) mass is 410 g/mol. The van der Waals surface area contributed by atoms with Gasteiger partial charge in [0, 0.05) is 0 Å². The van der Waals surface area contributed by atoms with Crippen LogP contribution in [0.5, 0.6) is 0 Å². The number of hydrogen-bond acceptors (Lipinski definition) is 1. The Morgan fingerprint density at radius 2 is 1.66 bits per heavy atom. The molecule has 0 aliphatic heterocycles. The number of carbonyl (C=O) groups is 1. The molecule has 4 rings (SSSR count). The SMILES string of the molecule is C[C@H](/C=C/C(=O)C(F)(F)F)C1CCC2C3CCC4CCCCC4(C)C3CCC21C. The molecule has 0 heterocycles. The van der Waals surface area contributed by atoms with E-state index in [0.717, 1.165) is 30.3 Å². The van der Waals surface area contributed by atoms with Crippen LogP contribution in [-0.4, -0.2) is 12.0 Å². The Kier molecular flexibility index (Phi) is 5.48. The van der Waals surface area contributed by atoms with Crippen LogP contribution in [0.15, 0.2) is 12.2 Å². The van der Waals surface area contributed by atoms with E-state index in [0.29, 0.717) is 17.3 Å². The highest BCUT2D eigenvalue weighted by Crippen LogP contribution is 2.68. The van der Waals surface area contributed by atoms with E-state index in [9.17, 15) is 18.0 Å². The van der Waals surface area contributed by atoms with Crippen LogP contribution in [0.2, 0.25) is 0 Å². The van der Waals surface area contributed by atoms with Gasteiger partial charge in [-0.3, -0.25) is 4.79 Å². The van der Waals surface area contributed by atoms with Crippen molar-refractivity contribution in [2.24, 2.45) is 46.3 Å². The molecule has 164 valence electrons. The van der Waals surface area contributed by atoms with Gasteiger partial charge in [0.15, 0.2) is 0 Å². The average molecular weight is 411 g/mol.